The smallest absolute Gasteiger partial charge is 0.0791 e. The van der Waals surface area contributed by atoms with Crippen LogP contribution < -0.4 is 4.90 Å². The lowest BCUT2D eigenvalue weighted by molar-refractivity contribution is 0.199. The van der Waals surface area contributed by atoms with Gasteiger partial charge in [0.05, 0.1) is 12.6 Å². The van der Waals surface area contributed by atoms with Crippen LogP contribution in [0.1, 0.15) is 25.5 Å². The Kier molecular flexibility index (Phi) is 4.20. The maximum atomic E-state index is 9.37. The van der Waals surface area contributed by atoms with Crippen LogP contribution in [0.3, 0.4) is 0 Å². The average Bonchev–Trinajstić information content (AvgIpc) is 2.26. The van der Waals surface area contributed by atoms with E-state index in [0.29, 0.717) is 6.54 Å². The summed E-state index contributed by atoms with van der Waals surface area (Å²) in [7, 11) is 0. The van der Waals surface area contributed by atoms with E-state index >= 15 is 0 Å². The summed E-state index contributed by atoms with van der Waals surface area (Å²) in [6.07, 6.45) is 4.87. The molecule has 0 amide bonds. The third kappa shape index (κ3) is 3.00. The van der Waals surface area contributed by atoms with Crippen LogP contribution in [0.2, 0.25) is 0 Å². The third-order valence-electron chi connectivity index (χ3n) is 2.40. The first-order valence-corrected chi connectivity index (χ1v) is 5.15. The predicted octanol–water partition coefficient (Wildman–Crippen LogP) is 2.20. The number of aliphatic hydroxyl groups is 1. The van der Waals surface area contributed by atoms with Gasteiger partial charge >= 0.3 is 0 Å². The molecule has 0 aliphatic carbocycles. The summed E-state index contributed by atoms with van der Waals surface area (Å²) in [5.41, 5.74) is 2.02. The third-order valence-corrected chi connectivity index (χ3v) is 2.40. The molecule has 1 aromatic rings. The highest BCUT2D eigenvalue weighted by Crippen LogP contribution is 2.18. The number of anilines is 1. The molecular formula is C13H17NO. The van der Waals surface area contributed by atoms with Crippen LogP contribution in [0.15, 0.2) is 24.3 Å². The molecule has 1 rings (SSSR count). The average molecular weight is 203 g/mol. The number of hydrogen-bond donors (Lipinski definition) is 1. The van der Waals surface area contributed by atoms with E-state index in [1.807, 2.05) is 24.3 Å². The Bertz CT molecular complexity index is 335. The van der Waals surface area contributed by atoms with E-state index in [4.69, 9.17) is 6.42 Å². The Balaban J connectivity index is 2.83. The summed E-state index contributed by atoms with van der Waals surface area (Å²) in [4.78, 5) is 2.10. The van der Waals surface area contributed by atoms with E-state index in [1.165, 1.54) is 0 Å². The Morgan fingerprint density at radius 1 is 1.40 bits per heavy atom. The second kappa shape index (κ2) is 5.43. The lowest BCUT2D eigenvalue weighted by atomic mass is 10.1. The molecule has 0 aliphatic rings. The van der Waals surface area contributed by atoms with Gasteiger partial charge in [-0.2, -0.15) is 0 Å². The van der Waals surface area contributed by atoms with Crippen LogP contribution in [0.25, 0.3) is 0 Å². The fourth-order valence-electron chi connectivity index (χ4n) is 1.46. The van der Waals surface area contributed by atoms with Crippen molar-refractivity contribution in [1.82, 2.24) is 0 Å². The first-order chi connectivity index (χ1) is 7.19. The van der Waals surface area contributed by atoms with Crippen molar-refractivity contribution in [2.45, 2.75) is 20.0 Å². The summed E-state index contributed by atoms with van der Waals surface area (Å²) < 4.78 is 0. The molecule has 0 saturated heterocycles. The lowest BCUT2D eigenvalue weighted by Gasteiger charge is -2.20. The minimum absolute atomic E-state index is 0.415. The molecule has 0 fully saturated rings. The van der Waals surface area contributed by atoms with E-state index < -0.39 is 6.10 Å². The highest BCUT2D eigenvalue weighted by Gasteiger charge is 2.04. The monoisotopic (exact) mass is 203 g/mol. The number of terminal acetylenes is 1. The van der Waals surface area contributed by atoms with Crippen LogP contribution in [0, 0.1) is 12.3 Å². The lowest BCUT2D eigenvalue weighted by Crippen LogP contribution is -2.22. The first-order valence-electron chi connectivity index (χ1n) is 5.15. The van der Waals surface area contributed by atoms with Crippen molar-refractivity contribution < 1.29 is 5.11 Å². The minimum Gasteiger partial charge on any atom is -0.389 e. The summed E-state index contributed by atoms with van der Waals surface area (Å²) in [5.74, 6) is 2.63. The van der Waals surface area contributed by atoms with Gasteiger partial charge in [0.25, 0.3) is 0 Å². The van der Waals surface area contributed by atoms with Gasteiger partial charge in [-0.05, 0) is 31.5 Å². The number of hydrogen-bond acceptors (Lipinski definition) is 2. The van der Waals surface area contributed by atoms with Gasteiger partial charge in [-0.15, -0.1) is 6.42 Å². The maximum absolute atomic E-state index is 9.37. The molecule has 2 nitrogen and oxygen atoms in total. The van der Waals surface area contributed by atoms with Crippen molar-refractivity contribution in [2.75, 3.05) is 18.0 Å². The van der Waals surface area contributed by atoms with Crippen LogP contribution >= 0.6 is 0 Å². The summed E-state index contributed by atoms with van der Waals surface area (Å²) in [5, 5.41) is 9.37. The molecule has 1 N–H and O–H groups in total. The van der Waals surface area contributed by atoms with Gasteiger partial charge in [0.1, 0.15) is 0 Å². The fraction of sp³-hybridized carbons (Fsp3) is 0.385. The Labute approximate surface area is 91.5 Å². The van der Waals surface area contributed by atoms with E-state index in [9.17, 15) is 5.11 Å². The minimum atomic E-state index is -0.415. The zero-order valence-electron chi connectivity index (χ0n) is 9.27. The molecule has 0 unspecified atom stereocenters. The molecule has 0 aromatic heterocycles. The van der Waals surface area contributed by atoms with Crippen molar-refractivity contribution in [1.29, 1.82) is 0 Å². The van der Waals surface area contributed by atoms with Gasteiger partial charge in [0.15, 0.2) is 0 Å². The standard InChI is InChI=1S/C13H17NO/c1-4-10-14(5-2)13-8-6-12(7-9-13)11(3)15/h1,6-9,11,15H,5,10H2,2-3H3/t11-/m1/s1. The molecule has 0 bridgehead atoms. The van der Waals surface area contributed by atoms with Gasteiger partial charge in [-0.3, -0.25) is 0 Å². The number of nitrogens with zero attached hydrogens (tertiary/aromatic N) is 1. The summed E-state index contributed by atoms with van der Waals surface area (Å²) >= 11 is 0. The Morgan fingerprint density at radius 2 is 2.00 bits per heavy atom. The largest absolute Gasteiger partial charge is 0.389 e. The molecule has 2 heteroatoms. The topological polar surface area (TPSA) is 23.5 Å². The van der Waals surface area contributed by atoms with E-state index in [2.05, 4.69) is 17.7 Å². The fourth-order valence-corrected chi connectivity index (χ4v) is 1.46. The van der Waals surface area contributed by atoms with E-state index in [1.54, 1.807) is 6.92 Å². The van der Waals surface area contributed by atoms with Gasteiger partial charge in [0.2, 0.25) is 0 Å². The predicted molar refractivity (Wildman–Crippen MR) is 63.8 cm³/mol. The molecule has 0 heterocycles. The molecule has 80 valence electrons. The van der Waals surface area contributed by atoms with E-state index in [0.717, 1.165) is 17.8 Å². The zero-order valence-corrected chi connectivity index (χ0v) is 9.27. The van der Waals surface area contributed by atoms with E-state index in [-0.39, 0.29) is 0 Å². The number of benzene rings is 1. The van der Waals surface area contributed by atoms with Gasteiger partial charge in [-0.1, -0.05) is 18.1 Å². The molecular weight excluding hydrogens is 186 g/mol. The second-order valence-corrected chi connectivity index (χ2v) is 3.49. The van der Waals surface area contributed by atoms with Gasteiger partial charge < -0.3 is 10.0 Å². The van der Waals surface area contributed by atoms with Crippen LogP contribution in [-0.2, 0) is 0 Å². The number of rotatable bonds is 4. The first kappa shape index (κ1) is 11.6. The molecule has 1 atom stereocenters. The maximum Gasteiger partial charge on any atom is 0.0791 e. The summed E-state index contributed by atoms with van der Waals surface area (Å²) in [6.45, 7) is 5.33. The second-order valence-electron chi connectivity index (χ2n) is 3.49. The van der Waals surface area contributed by atoms with Crippen molar-refractivity contribution in [3.63, 3.8) is 0 Å². The molecule has 0 radical (unpaired) electrons. The summed E-state index contributed by atoms with van der Waals surface area (Å²) in [6, 6.07) is 7.84. The molecule has 1 aromatic carbocycles. The van der Waals surface area contributed by atoms with Crippen LogP contribution in [0.5, 0.6) is 0 Å². The quantitative estimate of drug-likeness (QED) is 0.758. The van der Waals surface area contributed by atoms with Gasteiger partial charge in [0, 0.05) is 12.2 Å². The molecule has 0 saturated carbocycles. The SMILES string of the molecule is C#CCN(CC)c1ccc([C@@H](C)O)cc1. The molecule has 15 heavy (non-hydrogen) atoms. The van der Waals surface area contributed by atoms with Crippen molar-refractivity contribution in [3.8, 4) is 12.3 Å². The van der Waals surface area contributed by atoms with Gasteiger partial charge in [-0.25, -0.2) is 0 Å². The van der Waals surface area contributed by atoms with Crippen molar-refractivity contribution in [3.05, 3.63) is 29.8 Å². The normalized spacial score (nSPS) is 11.9. The van der Waals surface area contributed by atoms with Crippen molar-refractivity contribution >= 4 is 5.69 Å². The molecule has 0 aliphatic heterocycles. The number of aliphatic hydroxyl groups excluding tert-OH is 1. The zero-order chi connectivity index (χ0) is 11.3. The highest BCUT2D eigenvalue weighted by atomic mass is 16.3. The Hall–Kier alpha value is -1.46. The van der Waals surface area contributed by atoms with Crippen LogP contribution in [-0.4, -0.2) is 18.2 Å². The molecule has 0 spiro atoms. The van der Waals surface area contributed by atoms with Crippen molar-refractivity contribution in [2.24, 2.45) is 0 Å². The van der Waals surface area contributed by atoms with Crippen LogP contribution in [0.4, 0.5) is 5.69 Å². The highest BCUT2D eigenvalue weighted by molar-refractivity contribution is 5.48. The Morgan fingerprint density at radius 3 is 2.40 bits per heavy atom.